The Labute approximate surface area is 129 Å². The molecule has 0 heterocycles. The number of nitrogens with one attached hydrogen (secondary N) is 1. The normalized spacial score (nSPS) is 11.9. The lowest BCUT2D eigenvalue weighted by atomic mass is 10.2. The van der Waals surface area contributed by atoms with Crippen molar-refractivity contribution in [2.75, 3.05) is 4.72 Å². The first-order valence-electron chi connectivity index (χ1n) is 5.57. The molecule has 0 saturated carbocycles. The fourth-order valence-electron chi connectivity index (χ4n) is 1.42. The second-order valence-electron chi connectivity index (χ2n) is 4.02. The quantitative estimate of drug-likeness (QED) is 0.830. The highest BCUT2D eigenvalue weighted by Crippen LogP contribution is 2.34. The second kappa shape index (κ2) is 6.35. The Morgan fingerprint density at radius 3 is 2.25 bits per heavy atom. The molecule has 20 heavy (non-hydrogen) atoms. The van der Waals surface area contributed by atoms with Crippen LogP contribution >= 0.6 is 23.2 Å². The molecule has 0 aliphatic heterocycles. The van der Waals surface area contributed by atoms with Crippen LogP contribution in [0.2, 0.25) is 10.0 Å². The van der Waals surface area contributed by atoms with Gasteiger partial charge in [-0.3, -0.25) is 4.72 Å². The first kappa shape index (κ1) is 15.0. The molecule has 0 amide bonds. The number of aromatic hydroxyl groups is 1. The van der Waals surface area contributed by atoms with Crippen LogP contribution in [0, 0.1) is 6.92 Å². The van der Waals surface area contributed by atoms with Gasteiger partial charge in [0.1, 0.15) is 5.75 Å². The molecule has 2 aromatic carbocycles. The topological polar surface area (TPSA) is 58.6 Å². The molecule has 0 radical (unpaired) electrons. The third-order valence-corrected chi connectivity index (χ3v) is 3.73. The van der Waals surface area contributed by atoms with Crippen LogP contribution in [0.15, 0.2) is 36.4 Å². The smallest absolute Gasteiger partial charge is 0.316 e. The summed E-state index contributed by atoms with van der Waals surface area (Å²) in [7, 11) is 0. The maximum Gasteiger partial charge on any atom is 0.316 e. The van der Waals surface area contributed by atoms with Gasteiger partial charge in [-0.1, -0.05) is 40.9 Å². The summed E-state index contributed by atoms with van der Waals surface area (Å²) < 4.78 is 19.6. The van der Waals surface area contributed by atoms with Crippen molar-refractivity contribution < 1.29 is 13.5 Å². The van der Waals surface area contributed by atoms with Gasteiger partial charge >= 0.3 is 11.3 Å². The van der Waals surface area contributed by atoms with Crippen LogP contribution in [0.3, 0.4) is 0 Å². The molecule has 0 aromatic heterocycles. The molecule has 2 N–H and O–H groups in total. The molecule has 7 heteroatoms. The summed E-state index contributed by atoms with van der Waals surface area (Å²) in [5, 5.41) is 9.55. The molecule has 2 rings (SSSR count). The zero-order valence-corrected chi connectivity index (χ0v) is 12.7. The van der Waals surface area contributed by atoms with Crippen LogP contribution in [0.4, 0.5) is 5.69 Å². The lowest BCUT2D eigenvalue weighted by Crippen LogP contribution is -2.11. The van der Waals surface area contributed by atoms with E-state index in [-0.39, 0.29) is 15.8 Å². The fraction of sp³-hybridized carbons (Fsp3) is 0.0769. The number of anilines is 1. The van der Waals surface area contributed by atoms with E-state index in [1.807, 2.05) is 19.1 Å². The number of benzene rings is 2. The monoisotopic (exact) mass is 331 g/mol. The zero-order valence-electron chi connectivity index (χ0n) is 10.4. The lowest BCUT2D eigenvalue weighted by Gasteiger charge is -2.09. The number of hydrogen-bond acceptors (Lipinski definition) is 3. The highest BCUT2D eigenvalue weighted by atomic mass is 35.5. The molecule has 0 fully saturated rings. The van der Waals surface area contributed by atoms with E-state index in [1.165, 1.54) is 12.1 Å². The Hall–Kier alpha value is -1.43. The maximum absolute atomic E-state index is 11.8. The third-order valence-electron chi connectivity index (χ3n) is 2.41. The Morgan fingerprint density at radius 1 is 1.15 bits per heavy atom. The lowest BCUT2D eigenvalue weighted by molar-refractivity contribution is 0.476. The van der Waals surface area contributed by atoms with Crippen molar-refractivity contribution in [2.24, 2.45) is 0 Å². The van der Waals surface area contributed by atoms with Gasteiger partial charge in [0.2, 0.25) is 0 Å². The number of phenols is 1. The van der Waals surface area contributed by atoms with Gasteiger partial charge in [0, 0.05) is 0 Å². The van der Waals surface area contributed by atoms with Gasteiger partial charge in [0.05, 0.1) is 15.7 Å². The molecule has 106 valence electrons. The Bertz CT molecular complexity index is 624. The molecule has 1 unspecified atom stereocenters. The summed E-state index contributed by atoms with van der Waals surface area (Å²) in [6.07, 6.45) is 0. The van der Waals surface area contributed by atoms with Crippen molar-refractivity contribution in [3.05, 3.63) is 52.0 Å². The largest absolute Gasteiger partial charge is 0.505 e. The summed E-state index contributed by atoms with van der Waals surface area (Å²) in [6, 6.07) is 9.93. The molecule has 0 aliphatic rings. The van der Waals surface area contributed by atoms with Crippen LogP contribution < -0.4 is 8.91 Å². The summed E-state index contributed by atoms with van der Waals surface area (Å²) in [4.78, 5) is 0. The van der Waals surface area contributed by atoms with Crippen molar-refractivity contribution in [2.45, 2.75) is 6.92 Å². The van der Waals surface area contributed by atoms with Gasteiger partial charge in [-0.25, -0.2) is 0 Å². The standard InChI is InChI=1S/C13H11Cl2NO3S/c1-8-2-4-10(5-3-8)19-20(18)16-9-6-11(14)13(17)12(15)7-9/h2-7,16-17H,1H3. The van der Waals surface area contributed by atoms with Crippen molar-refractivity contribution >= 4 is 40.2 Å². The van der Waals surface area contributed by atoms with E-state index in [0.29, 0.717) is 11.4 Å². The summed E-state index contributed by atoms with van der Waals surface area (Å²) in [5.41, 5.74) is 1.46. The first-order valence-corrected chi connectivity index (χ1v) is 7.40. The highest BCUT2D eigenvalue weighted by Gasteiger charge is 2.09. The van der Waals surface area contributed by atoms with E-state index >= 15 is 0 Å². The van der Waals surface area contributed by atoms with Gasteiger partial charge in [0.15, 0.2) is 5.75 Å². The van der Waals surface area contributed by atoms with Crippen molar-refractivity contribution in [1.82, 2.24) is 0 Å². The highest BCUT2D eigenvalue weighted by molar-refractivity contribution is 7.81. The molecule has 1 atom stereocenters. The van der Waals surface area contributed by atoms with Crippen LogP contribution in [0.25, 0.3) is 0 Å². The van der Waals surface area contributed by atoms with Crippen molar-refractivity contribution in [3.63, 3.8) is 0 Å². The van der Waals surface area contributed by atoms with Crippen LogP contribution in [-0.2, 0) is 11.3 Å². The van der Waals surface area contributed by atoms with E-state index in [0.717, 1.165) is 5.56 Å². The predicted octanol–water partition coefficient (Wildman–Crippen LogP) is 4.08. The summed E-state index contributed by atoms with van der Waals surface area (Å²) in [5.74, 6) is 0.251. The van der Waals surface area contributed by atoms with Crippen LogP contribution in [0.5, 0.6) is 11.5 Å². The minimum absolute atomic E-state index is 0.0623. The maximum atomic E-state index is 11.8. The number of rotatable bonds is 4. The first-order chi connectivity index (χ1) is 9.45. The summed E-state index contributed by atoms with van der Waals surface area (Å²) >= 11 is 9.73. The van der Waals surface area contributed by atoms with E-state index < -0.39 is 11.3 Å². The van der Waals surface area contributed by atoms with Gasteiger partial charge in [-0.15, -0.1) is 0 Å². The third kappa shape index (κ3) is 3.79. The van der Waals surface area contributed by atoms with Gasteiger partial charge in [-0.2, -0.15) is 4.21 Å². The molecule has 4 nitrogen and oxygen atoms in total. The number of halogens is 2. The zero-order chi connectivity index (χ0) is 14.7. The average Bonchev–Trinajstić information content (AvgIpc) is 2.38. The fourth-order valence-corrected chi connectivity index (χ4v) is 2.55. The number of hydrogen-bond donors (Lipinski definition) is 2. The molecular weight excluding hydrogens is 321 g/mol. The molecule has 0 saturated heterocycles. The Balaban J connectivity index is 2.06. The number of phenolic OH excluding ortho intramolecular Hbond substituents is 1. The Kier molecular flexibility index (Phi) is 4.75. The Morgan fingerprint density at radius 2 is 1.70 bits per heavy atom. The SMILES string of the molecule is Cc1ccc(OS(=O)Nc2cc(Cl)c(O)c(Cl)c2)cc1. The molecule has 0 spiro atoms. The van der Waals surface area contributed by atoms with E-state index in [4.69, 9.17) is 27.4 Å². The van der Waals surface area contributed by atoms with Crippen molar-refractivity contribution in [1.29, 1.82) is 0 Å². The molecule has 2 aromatic rings. The second-order valence-corrected chi connectivity index (χ2v) is 5.68. The van der Waals surface area contributed by atoms with Crippen LogP contribution in [-0.4, -0.2) is 9.32 Å². The molecule has 0 aliphatic carbocycles. The minimum Gasteiger partial charge on any atom is -0.505 e. The van der Waals surface area contributed by atoms with Gasteiger partial charge in [0.25, 0.3) is 0 Å². The van der Waals surface area contributed by atoms with Crippen molar-refractivity contribution in [3.8, 4) is 11.5 Å². The minimum atomic E-state index is -1.80. The van der Waals surface area contributed by atoms with E-state index in [9.17, 15) is 9.32 Å². The average molecular weight is 332 g/mol. The van der Waals surface area contributed by atoms with E-state index in [2.05, 4.69) is 4.72 Å². The van der Waals surface area contributed by atoms with Crippen LogP contribution in [0.1, 0.15) is 5.56 Å². The predicted molar refractivity (Wildman–Crippen MR) is 81.7 cm³/mol. The van der Waals surface area contributed by atoms with Gasteiger partial charge in [-0.05, 0) is 31.2 Å². The molecular formula is C13H11Cl2NO3S. The van der Waals surface area contributed by atoms with E-state index in [1.54, 1.807) is 12.1 Å². The number of aryl methyl sites for hydroxylation is 1. The summed E-state index contributed by atoms with van der Waals surface area (Å²) in [6.45, 7) is 1.94. The van der Waals surface area contributed by atoms with Gasteiger partial charge < -0.3 is 9.29 Å². The molecule has 0 bridgehead atoms.